The predicted octanol–water partition coefficient (Wildman–Crippen LogP) is 2.19. The van der Waals surface area contributed by atoms with Crippen LogP contribution in [0.15, 0.2) is 24.3 Å². The molecule has 1 heterocycles. The molecule has 6 heteroatoms. The number of hydrogen-bond donors (Lipinski definition) is 2. The van der Waals surface area contributed by atoms with Crippen LogP contribution in [0.5, 0.6) is 0 Å². The maximum absolute atomic E-state index is 13.1. The second-order valence-corrected chi connectivity index (χ2v) is 5.88. The van der Waals surface area contributed by atoms with E-state index in [-0.39, 0.29) is 30.7 Å². The van der Waals surface area contributed by atoms with Gasteiger partial charge < -0.3 is 15.3 Å². The minimum Gasteiger partial charge on any atom is -0.481 e. The van der Waals surface area contributed by atoms with Crippen molar-refractivity contribution < 1.29 is 19.1 Å². The van der Waals surface area contributed by atoms with E-state index in [1.165, 1.54) is 12.1 Å². The van der Waals surface area contributed by atoms with Crippen LogP contribution < -0.4 is 5.32 Å². The molecular formula is C17H23FN2O3. The van der Waals surface area contributed by atoms with Gasteiger partial charge in [-0.3, -0.25) is 9.59 Å². The molecule has 0 aliphatic carbocycles. The lowest BCUT2D eigenvalue weighted by molar-refractivity contribution is -0.145. The molecule has 23 heavy (non-hydrogen) atoms. The summed E-state index contributed by atoms with van der Waals surface area (Å²) in [5.74, 6) is -1.69. The van der Waals surface area contributed by atoms with E-state index in [0.29, 0.717) is 25.9 Å². The van der Waals surface area contributed by atoms with Crippen LogP contribution in [0.25, 0.3) is 0 Å². The fourth-order valence-electron chi connectivity index (χ4n) is 2.96. The zero-order valence-corrected chi connectivity index (χ0v) is 13.3. The summed E-state index contributed by atoms with van der Waals surface area (Å²) in [7, 11) is 0. The molecule has 0 spiro atoms. The number of carboxylic acids is 1. The number of halogens is 1. The molecule has 1 aromatic carbocycles. The minimum absolute atomic E-state index is 0.0637. The van der Waals surface area contributed by atoms with Gasteiger partial charge in [-0.15, -0.1) is 0 Å². The number of nitrogens with one attached hydrogen (secondary N) is 1. The van der Waals surface area contributed by atoms with Gasteiger partial charge in [-0.2, -0.15) is 0 Å². The second kappa shape index (κ2) is 8.06. The number of carbonyl (C=O) groups excluding carboxylic acids is 1. The molecule has 1 fully saturated rings. The van der Waals surface area contributed by atoms with Crippen LogP contribution in [0.4, 0.5) is 4.39 Å². The van der Waals surface area contributed by atoms with Crippen LogP contribution in [0.3, 0.4) is 0 Å². The van der Waals surface area contributed by atoms with Gasteiger partial charge >= 0.3 is 5.97 Å². The Hall–Kier alpha value is -1.95. The molecule has 1 aliphatic heterocycles. The Balaban J connectivity index is 2.02. The maximum atomic E-state index is 13.1. The summed E-state index contributed by atoms with van der Waals surface area (Å²) >= 11 is 0. The lowest BCUT2D eigenvalue weighted by atomic mass is 9.97. The smallest absolute Gasteiger partial charge is 0.308 e. The zero-order valence-electron chi connectivity index (χ0n) is 13.3. The van der Waals surface area contributed by atoms with E-state index in [2.05, 4.69) is 5.32 Å². The fourth-order valence-corrected chi connectivity index (χ4v) is 2.96. The summed E-state index contributed by atoms with van der Waals surface area (Å²) in [6.07, 6.45) is 1.57. The largest absolute Gasteiger partial charge is 0.481 e. The highest BCUT2D eigenvalue weighted by Gasteiger charge is 2.29. The third-order valence-electron chi connectivity index (χ3n) is 4.22. The minimum atomic E-state index is -0.843. The van der Waals surface area contributed by atoms with Crippen molar-refractivity contribution in [1.82, 2.24) is 10.2 Å². The molecule has 0 bridgehead atoms. The van der Waals surface area contributed by atoms with Gasteiger partial charge in [0.1, 0.15) is 5.82 Å². The van der Waals surface area contributed by atoms with Crippen LogP contribution in [0, 0.1) is 11.7 Å². The molecule has 0 radical (unpaired) electrons. The van der Waals surface area contributed by atoms with Crippen molar-refractivity contribution in [2.24, 2.45) is 5.92 Å². The molecule has 126 valence electrons. The van der Waals surface area contributed by atoms with Crippen molar-refractivity contribution in [1.29, 1.82) is 0 Å². The van der Waals surface area contributed by atoms with Gasteiger partial charge in [0.15, 0.2) is 0 Å². The van der Waals surface area contributed by atoms with Crippen LogP contribution in [-0.4, -0.2) is 41.5 Å². The Bertz CT molecular complexity index is 547. The summed E-state index contributed by atoms with van der Waals surface area (Å²) < 4.78 is 13.1. The van der Waals surface area contributed by atoms with Gasteiger partial charge in [-0.05, 0) is 37.1 Å². The van der Waals surface area contributed by atoms with Gasteiger partial charge in [0.2, 0.25) is 5.91 Å². The summed E-state index contributed by atoms with van der Waals surface area (Å²) in [6.45, 7) is 3.51. The number of carbonyl (C=O) groups is 2. The number of benzene rings is 1. The first-order valence-corrected chi connectivity index (χ1v) is 8.00. The van der Waals surface area contributed by atoms with E-state index in [1.807, 2.05) is 6.92 Å². The third-order valence-corrected chi connectivity index (χ3v) is 4.22. The Morgan fingerprint density at radius 2 is 2.09 bits per heavy atom. The Kier molecular flexibility index (Phi) is 6.10. The first-order chi connectivity index (χ1) is 11.0. The quantitative estimate of drug-likeness (QED) is 0.842. The maximum Gasteiger partial charge on any atom is 0.308 e. The number of carboxylic acid groups (broad SMARTS) is 1. The van der Waals surface area contributed by atoms with Crippen LogP contribution in [0.1, 0.15) is 37.8 Å². The molecular weight excluding hydrogens is 299 g/mol. The number of rotatable bonds is 6. The van der Waals surface area contributed by atoms with Crippen molar-refractivity contribution in [2.45, 2.75) is 32.2 Å². The molecule has 0 aromatic heterocycles. The molecule has 1 unspecified atom stereocenters. The number of piperidine rings is 1. The van der Waals surface area contributed by atoms with Crippen molar-refractivity contribution in [3.8, 4) is 0 Å². The molecule has 1 aromatic rings. The first-order valence-electron chi connectivity index (χ1n) is 8.00. The fraction of sp³-hybridized carbons (Fsp3) is 0.529. The van der Waals surface area contributed by atoms with Crippen molar-refractivity contribution in [3.63, 3.8) is 0 Å². The van der Waals surface area contributed by atoms with Crippen LogP contribution >= 0.6 is 0 Å². The highest BCUT2D eigenvalue weighted by molar-refractivity contribution is 5.78. The van der Waals surface area contributed by atoms with E-state index in [9.17, 15) is 14.0 Å². The molecule has 5 nitrogen and oxygen atoms in total. The zero-order chi connectivity index (χ0) is 16.8. The predicted molar refractivity (Wildman–Crippen MR) is 84.4 cm³/mol. The summed E-state index contributed by atoms with van der Waals surface area (Å²) in [6, 6.07) is 5.91. The molecule has 2 N–H and O–H groups in total. The Labute approximate surface area is 135 Å². The Morgan fingerprint density at radius 1 is 1.39 bits per heavy atom. The van der Waals surface area contributed by atoms with Crippen LogP contribution in [-0.2, 0) is 9.59 Å². The standard InChI is InChI=1S/C17H23FN2O3/c1-2-19-15(12-5-7-14(18)8-6-12)10-16(21)20-9-3-4-13(11-20)17(22)23/h5-8,13,15,19H,2-4,9-11H2,1H3,(H,22,23)/t13?,15-/m1/s1. The Morgan fingerprint density at radius 3 is 2.70 bits per heavy atom. The highest BCUT2D eigenvalue weighted by atomic mass is 19.1. The third kappa shape index (κ3) is 4.76. The van der Waals surface area contributed by atoms with E-state index >= 15 is 0 Å². The average molecular weight is 322 g/mol. The normalized spacial score (nSPS) is 19.4. The number of likely N-dealkylation sites (tertiary alicyclic amines) is 1. The lowest BCUT2D eigenvalue weighted by Gasteiger charge is -2.32. The van der Waals surface area contributed by atoms with E-state index in [0.717, 1.165) is 5.56 Å². The van der Waals surface area contributed by atoms with Crippen molar-refractivity contribution in [2.75, 3.05) is 19.6 Å². The van der Waals surface area contributed by atoms with Crippen LogP contribution in [0.2, 0.25) is 0 Å². The SMILES string of the molecule is CCN[C@H](CC(=O)N1CCCC(C(=O)O)C1)c1ccc(F)cc1. The molecule has 0 saturated carbocycles. The monoisotopic (exact) mass is 322 g/mol. The van der Waals surface area contributed by atoms with Crippen molar-refractivity contribution >= 4 is 11.9 Å². The average Bonchev–Trinajstić information content (AvgIpc) is 2.55. The summed E-state index contributed by atoms with van der Waals surface area (Å²) in [4.78, 5) is 25.3. The van der Waals surface area contributed by atoms with E-state index < -0.39 is 11.9 Å². The second-order valence-electron chi connectivity index (χ2n) is 5.88. The van der Waals surface area contributed by atoms with E-state index in [4.69, 9.17) is 5.11 Å². The lowest BCUT2D eigenvalue weighted by Crippen LogP contribution is -2.43. The van der Waals surface area contributed by atoms with Gasteiger partial charge in [-0.1, -0.05) is 19.1 Å². The molecule has 1 saturated heterocycles. The van der Waals surface area contributed by atoms with E-state index in [1.54, 1.807) is 17.0 Å². The van der Waals surface area contributed by atoms with Gasteiger partial charge in [-0.25, -0.2) is 4.39 Å². The van der Waals surface area contributed by atoms with Gasteiger partial charge in [0.05, 0.1) is 5.92 Å². The molecule has 2 rings (SSSR count). The topological polar surface area (TPSA) is 69.6 Å². The summed E-state index contributed by atoms with van der Waals surface area (Å²) in [5.41, 5.74) is 0.855. The molecule has 2 atom stereocenters. The molecule has 1 aliphatic rings. The number of aliphatic carboxylic acids is 1. The van der Waals surface area contributed by atoms with Crippen molar-refractivity contribution in [3.05, 3.63) is 35.6 Å². The first kappa shape index (κ1) is 17.4. The summed E-state index contributed by atoms with van der Waals surface area (Å²) in [5, 5.41) is 12.4. The number of amides is 1. The number of hydrogen-bond acceptors (Lipinski definition) is 3. The number of nitrogens with zero attached hydrogens (tertiary/aromatic N) is 1. The van der Waals surface area contributed by atoms with Gasteiger partial charge in [0, 0.05) is 25.6 Å². The highest BCUT2D eigenvalue weighted by Crippen LogP contribution is 2.22. The molecule has 1 amide bonds. The van der Waals surface area contributed by atoms with Gasteiger partial charge in [0.25, 0.3) is 0 Å².